The van der Waals surface area contributed by atoms with E-state index in [1.807, 2.05) is 57.4 Å². The number of hydrogen-bond donors (Lipinski definition) is 2. The monoisotopic (exact) mass is 335 g/mol. The molecular formula is C19H21N5O. The first kappa shape index (κ1) is 16.7. The average molecular weight is 335 g/mol. The van der Waals surface area contributed by atoms with E-state index in [1.165, 1.54) is 5.56 Å². The maximum Gasteiger partial charge on any atom is 0.319 e. The van der Waals surface area contributed by atoms with Gasteiger partial charge >= 0.3 is 6.03 Å². The van der Waals surface area contributed by atoms with Crippen molar-refractivity contribution in [3.05, 3.63) is 65.6 Å². The first-order chi connectivity index (χ1) is 12.0. The van der Waals surface area contributed by atoms with Crippen molar-refractivity contribution < 1.29 is 4.79 Å². The van der Waals surface area contributed by atoms with Gasteiger partial charge in [-0.2, -0.15) is 5.10 Å². The quantitative estimate of drug-likeness (QED) is 0.767. The summed E-state index contributed by atoms with van der Waals surface area (Å²) < 4.78 is 1.74. The number of pyridine rings is 1. The molecule has 3 rings (SSSR count). The number of hydrogen-bond acceptors (Lipinski definition) is 3. The van der Waals surface area contributed by atoms with Crippen molar-refractivity contribution in [1.82, 2.24) is 20.1 Å². The van der Waals surface area contributed by atoms with Gasteiger partial charge < -0.3 is 10.6 Å². The minimum atomic E-state index is -0.236. The van der Waals surface area contributed by atoms with Crippen LogP contribution >= 0.6 is 0 Å². The highest BCUT2D eigenvalue weighted by Crippen LogP contribution is 2.16. The van der Waals surface area contributed by atoms with Crippen LogP contribution in [0.25, 0.3) is 11.3 Å². The van der Waals surface area contributed by atoms with Crippen molar-refractivity contribution in [2.24, 2.45) is 7.05 Å². The lowest BCUT2D eigenvalue weighted by molar-refractivity contribution is 0.251. The van der Waals surface area contributed by atoms with Gasteiger partial charge in [0.2, 0.25) is 0 Å². The van der Waals surface area contributed by atoms with Gasteiger partial charge in [0.05, 0.1) is 11.9 Å². The van der Waals surface area contributed by atoms with Crippen molar-refractivity contribution in [3.63, 3.8) is 0 Å². The lowest BCUT2D eigenvalue weighted by Crippen LogP contribution is -2.28. The molecule has 0 saturated carbocycles. The third-order valence-electron chi connectivity index (χ3n) is 4.04. The van der Waals surface area contributed by atoms with Crippen molar-refractivity contribution in [2.45, 2.75) is 20.4 Å². The predicted octanol–water partition coefficient (Wildman–Crippen LogP) is 3.42. The molecule has 0 saturated heterocycles. The molecule has 0 aliphatic heterocycles. The van der Waals surface area contributed by atoms with Crippen LogP contribution in [0.4, 0.5) is 10.5 Å². The van der Waals surface area contributed by atoms with Crippen LogP contribution in [0, 0.1) is 13.8 Å². The number of amides is 2. The minimum absolute atomic E-state index is 0.236. The molecule has 2 N–H and O–H groups in total. The Balaban J connectivity index is 1.55. The number of benzene rings is 1. The normalized spacial score (nSPS) is 10.5. The molecule has 6 nitrogen and oxygen atoms in total. The molecule has 2 heterocycles. The molecule has 0 bridgehead atoms. The number of urea groups is 1. The number of nitrogens with one attached hydrogen (secondary N) is 2. The first-order valence-electron chi connectivity index (χ1n) is 8.07. The Hall–Kier alpha value is -3.15. The largest absolute Gasteiger partial charge is 0.334 e. The molecule has 0 fully saturated rings. The second-order valence-electron chi connectivity index (χ2n) is 6.06. The summed E-state index contributed by atoms with van der Waals surface area (Å²) in [5, 5.41) is 9.81. The van der Waals surface area contributed by atoms with Gasteiger partial charge in [0.15, 0.2) is 0 Å². The molecule has 0 radical (unpaired) electrons. The van der Waals surface area contributed by atoms with Crippen LogP contribution < -0.4 is 10.6 Å². The topological polar surface area (TPSA) is 71.8 Å². The highest BCUT2D eigenvalue weighted by molar-refractivity contribution is 5.89. The molecule has 0 aliphatic carbocycles. The Bertz CT molecular complexity index is 883. The van der Waals surface area contributed by atoms with Gasteiger partial charge in [0.1, 0.15) is 0 Å². The van der Waals surface area contributed by atoms with Crippen LogP contribution in [-0.4, -0.2) is 20.8 Å². The highest BCUT2D eigenvalue weighted by atomic mass is 16.2. The zero-order valence-corrected chi connectivity index (χ0v) is 14.6. The lowest BCUT2D eigenvalue weighted by atomic mass is 10.1. The second-order valence-corrected chi connectivity index (χ2v) is 6.06. The Morgan fingerprint density at radius 1 is 1.12 bits per heavy atom. The molecule has 2 aromatic heterocycles. The van der Waals surface area contributed by atoms with E-state index in [1.54, 1.807) is 17.1 Å². The van der Waals surface area contributed by atoms with Crippen LogP contribution in [0.2, 0.25) is 0 Å². The van der Waals surface area contributed by atoms with Crippen molar-refractivity contribution in [3.8, 4) is 11.3 Å². The van der Waals surface area contributed by atoms with Gasteiger partial charge in [-0.05, 0) is 48.7 Å². The summed E-state index contributed by atoms with van der Waals surface area (Å²) in [4.78, 5) is 16.4. The highest BCUT2D eigenvalue weighted by Gasteiger charge is 2.05. The van der Waals surface area contributed by atoms with E-state index >= 15 is 0 Å². The summed E-state index contributed by atoms with van der Waals surface area (Å²) in [7, 11) is 1.87. The predicted molar refractivity (Wildman–Crippen MR) is 98.2 cm³/mol. The maximum absolute atomic E-state index is 12.0. The molecule has 128 valence electrons. The van der Waals surface area contributed by atoms with E-state index in [2.05, 4.69) is 20.7 Å². The second kappa shape index (κ2) is 7.17. The van der Waals surface area contributed by atoms with Crippen molar-refractivity contribution in [2.75, 3.05) is 5.32 Å². The van der Waals surface area contributed by atoms with Crippen LogP contribution in [0.15, 0.2) is 48.9 Å². The number of nitrogens with zero attached hydrogens (tertiary/aromatic N) is 3. The van der Waals surface area contributed by atoms with Gasteiger partial charge in [-0.1, -0.05) is 12.1 Å². The summed E-state index contributed by atoms with van der Waals surface area (Å²) >= 11 is 0. The third kappa shape index (κ3) is 4.23. The minimum Gasteiger partial charge on any atom is -0.334 e. The van der Waals surface area contributed by atoms with Gasteiger partial charge in [-0.15, -0.1) is 0 Å². The van der Waals surface area contributed by atoms with Crippen LogP contribution in [-0.2, 0) is 13.6 Å². The lowest BCUT2D eigenvalue weighted by Gasteiger charge is -2.09. The molecule has 6 heteroatoms. The Labute approximate surface area is 146 Å². The average Bonchev–Trinajstić information content (AvgIpc) is 3.03. The summed E-state index contributed by atoms with van der Waals surface area (Å²) in [6, 6.07) is 9.48. The van der Waals surface area contributed by atoms with E-state index in [0.29, 0.717) is 6.54 Å². The maximum atomic E-state index is 12.0. The van der Waals surface area contributed by atoms with Crippen molar-refractivity contribution >= 4 is 11.7 Å². The number of carbonyl (C=O) groups is 1. The molecular weight excluding hydrogens is 314 g/mol. The zero-order chi connectivity index (χ0) is 17.8. The van der Waals surface area contributed by atoms with E-state index in [-0.39, 0.29) is 6.03 Å². The SMILES string of the molecule is Cc1ccc(NC(=O)NCc2ccc(-c3cnn(C)c3)nc2)cc1C. The smallest absolute Gasteiger partial charge is 0.319 e. The van der Waals surface area contributed by atoms with Crippen LogP contribution in [0.3, 0.4) is 0 Å². The van der Waals surface area contributed by atoms with Crippen LogP contribution in [0.5, 0.6) is 0 Å². The van der Waals surface area contributed by atoms with Gasteiger partial charge in [0.25, 0.3) is 0 Å². The van der Waals surface area contributed by atoms with E-state index < -0.39 is 0 Å². The molecule has 0 aliphatic rings. The summed E-state index contributed by atoms with van der Waals surface area (Å²) in [5.74, 6) is 0. The van der Waals surface area contributed by atoms with Crippen LogP contribution in [0.1, 0.15) is 16.7 Å². The number of aryl methyl sites for hydroxylation is 3. The zero-order valence-electron chi connectivity index (χ0n) is 14.6. The molecule has 2 amide bonds. The number of anilines is 1. The van der Waals surface area contributed by atoms with E-state index in [9.17, 15) is 4.79 Å². The number of carbonyl (C=O) groups excluding carboxylic acids is 1. The number of rotatable bonds is 4. The molecule has 1 aromatic carbocycles. The molecule has 3 aromatic rings. The Kier molecular flexibility index (Phi) is 4.79. The van der Waals surface area contributed by atoms with Crippen molar-refractivity contribution in [1.29, 1.82) is 0 Å². The fraction of sp³-hybridized carbons (Fsp3) is 0.211. The Morgan fingerprint density at radius 2 is 1.96 bits per heavy atom. The van der Waals surface area contributed by atoms with Gasteiger partial charge in [-0.3, -0.25) is 9.67 Å². The molecule has 0 unspecified atom stereocenters. The van der Waals surface area contributed by atoms with Gasteiger partial charge in [-0.25, -0.2) is 4.79 Å². The third-order valence-corrected chi connectivity index (χ3v) is 4.04. The fourth-order valence-electron chi connectivity index (χ4n) is 2.43. The standard InChI is InChI=1S/C19H21N5O/c1-13-4-6-17(8-14(13)2)23-19(25)21-10-15-5-7-18(20-9-15)16-11-22-24(3)12-16/h4-9,11-12H,10H2,1-3H3,(H2,21,23,25). The van der Waals surface area contributed by atoms with Gasteiger partial charge in [0, 0.05) is 37.2 Å². The molecule has 0 spiro atoms. The molecule has 0 atom stereocenters. The Morgan fingerprint density at radius 3 is 2.60 bits per heavy atom. The van der Waals surface area contributed by atoms with E-state index in [0.717, 1.165) is 28.1 Å². The fourth-order valence-corrected chi connectivity index (χ4v) is 2.43. The summed E-state index contributed by atoms with van der Waals surface area (Å²) in [5.41, 5.74) is 5.89. The summed E-state index contributed by atoms with van der Waals surface area (Å²) in [6.07, 6.45) is 5.45. The summed E-state index contributed by atoms with van der Waals surface area (Å²) in [6.45, 7) is 4.48. The number of aromatic nitrogens is 3. The van der Waals surface area contributed by atoms with E-state index in [4.69, 9.17) is 0 Å². The molecule has 25 heavy (non-hydrogen) atoms. The first-order valence-corrected chi connectivity index (χ1v) is 8.07.